The number of aromatic nitrogens is 3. The molecule has 3 heterocycles. The third-order valence-corrected chi connectivity index (χ3v) is 6.08. The highest BCUT2D eigenvalue weighted by Gasteiger charge is 2.27. The average Bonchev–Trinajstić information content (AvgIpc) is 3.19. The van der Waals surface area contributed by atoms with E-state index in [0.29, 0.717) is 5.92 Å². The zero-order valence-corrected chi connectivity index (χ0v) is 16.8. The Hall–Kier alpha value is -2.80. The van der Waals surface area contributed by atoms with Crippen LogP contribution in [0.4, 0.5) is 0 Å². The van der Waals surface area contributed by atoms with Gasteiger partial charge in [-0.1, -0.05) is 12.1 Å². The summed E-state index contributed by atoms with van der Waals surface area (Å²) in [5.41, 5.74) is 5.36. The van der Waals surface area contributed by atoms with Crippen molar-refractivity contribution in [3.05, 3.63) is 58.4 Å². The summed E-state index contributed by atoms with van der Waals surface area (Å²) in [6.07, 6.45) is 5.41. The van der Waals surface area contributed by atoms with E-state index in [2.05, 4.69) is 9.97 Å². The van der Waals surface area contributed by atoms with Crippen LogP contribution in [0, 0.1) is 6.92 Å². The summed E-state index contributed by atoms with van der Waals surface area (Å²) in [6.45, 7) is 3.34. The Bertz CT molecular complexity index is 980. The van der Waals surface area contributed by atoms with Crippen molar-refractivity contribution in [2.45, 2.75) is 25.7 Å². The number of piperidine rings is 1. The number of hydrogen-bond donors (Lipinski definition) is 0. The maximum absolute atomic E-state index is 12.7. The van der Waals surface area contributed by atoms with Crippen LogP contribution in [0.25, 0.3) is 11.3 Å². The van der Waals surface area contributed by atoms with E-state index in [1.807, 2.05) is 42.3 Å². The first-order chi connectivity index (χ1) is 13.7. The first-order valence-corrected chi connectivity index (χ1v) is 10.2. The molecule has 0 atom stereocenters. The second-order valence-electron chi connectivity index (χ2n) is 6.89. The molecule has 0 saturated carbocycles. The Morgan fingerprint density at radius 3 is 2.79 bits per heavy atom. The number of thiazole rings is 1. The van der Waals surface area contributed by atoms with Gasteiger partial charge in [-0.3, -0.25) is 9.78 Å². The first-order valence-electron chi connectivity index (χ1n) is 9.31. The number of ether oxygens (including phenoxy) is 1. The largest absolute Gasteiger partial charge is 0.497 e. The Morgan fingerprint density at radius 1 is 1.25 bits per heavy atom. The van der Waals surface area contributed by atoms with Crippen LogP contribution in [-0.4, -0.2) is 46.0 Å². The van der Waals surface area contributed by atoms with Gasteiger partial charge >= 0.3 is 0 Å². The topological polar surface area (TPSA) is 68.2 Å². The molecule has 3 aromatic rings. The number of benzene rings is 1. The molecular formula is C21H22N4O2S. The molecule has 0 aliphatic carbocycles. The summed E-state index contributed by atoms with van der Waals surface area (Å²) in [5, 5.41) is 0. The lowest BCUT2D eigenvalue weighted by molar-refractivity contribution is 0.0716. The van der Waals surface area contributed by atoms with Gasteiger partial charge < -0.3 is 9.64 Å². The van der Waals surface area contributed by atoms with Crippen molar-refractivity contribution in [1.29, 1.82) is 0 Å². The van der Waals surface area contributed by atoms with E-state index < -0.39 is 0 Å². The molecule has 144 valence electrons. The van der Waals surface area contributed by atoms with E-state index in [0.717, 1.165) is 59.2 Å². The van der Waals surface area contributed by atoms with E-state index in [9.17, 15) is 4.79 Å². The number of carbonyl (C=O) groups excluding carboxylic acids is 1. The van der Waals surface area contributed by atoms with Crippen LogP contribution in [0.15, 0.2) is 42.2 Å². The molecule has 0 unspecified atom stereocenters. The van der Waals surface area contributed by atoms with Gasteiger partial charge in [0.05, 0.1) is 35.9 Å². The summed E-state index contributed by atoms with van der Waals surface area (Å²) in [6, 6.07) is 7.84. The molecule has 1 aliphatic heterocycles. The lowest BCUT2D eigenvalue weighted by Gasteiger charge is -2.31. The maximum Gasteiger partial charge on any atom is 0.265 e. The van der Waals surface area contributed by atoms with Crippen LogP contribution in [0.3, 0.4) is 0 Å². The SMILES string of the molecule is COc1cccc(-c2cncc(C3CCN(C(=O)c4scnc4C)CC3)n2)c1. The smallest absolute Gasteiger partial charge is 0.265 e. The van der Waals surface area contributed by atoms with Gasteiger partial charge in [0.25, 0.3) is 5.91 Å². The molecule has 28 heavy (non-hydrogen) atoms. The molecule has 4 rings (SSSR count). The number of amides is 1. The summed E-state index contributed by atoms with van der Waals surface area (Å²) in [7, 11) is 1.66. The van der Waals surface area contributed by atoms with Gasteiger partial charge in [-0.25, -0.2) is 9.97 Å². The lowest BCUT2D eigenvalue weighted by Crippen LogP contribution is -2.38. The van der Waals surface area contributed by atoms with Crippen LogP contribution in [0.5, 0.6) is 5.75 Å². The van der Waals surface area contributed by atoms with Crippen molar-refractivity contribution in [1.82, 2.24) is 19.9 Å². The van der Waals surface area contributed by atoms with Crippen LogP contribution in [-0.2, 0) is 0 Å². The fourth-order valence-corrected chi connectivity index (χ4v) is 4.30. The van der Waals surface area contributed by atoms with Crippen molar-refractivity contribution in [2.24, 2.45) is 0 Å². The minimum absolute atomic E-state index is 0.0923. The number of hydrogen-bond acceptors (Lipinski definition) is 6. The Labute approximate surface area is 168 Å². The van der Waals surface area contributed by atoms with Crippen LogP contribution >= 0.6 is 11.3 Å². The highest BCUT2D eigenvalue weighted by atomic mass is 32.1. The van der Waals surface area contributed by atoms with E-state index in [1.165, 1.54) is 11.3 Å². The molecule has 7 heteroatoms. The summed E-state index contributed by atoms with van der Waals surface area (Å²) < 4.78 is 5.31. The van der Waals surface area contributed by atoms with E-state index in [1.54, 1.807) is 18.8 Å². The summed E-state index contributed by atoms with van der Waals surface area (Å²) in [4.78, 5) is 28.8. The number of methoxy groups -OCH3 is 1. The van der Waals surface area contributed by atoms with Crippen LogP contribution in [0.2, 0.25) is 0 Å². The lowest BCUT2D eigenvalue weighted by atomic mass is 9.93. The summed E-state index contributed by atoms with van der Waals surface area (Å²) in [5.74, 6) is 1.20. The number of nitrogens with zero attached hydrogens (tertiary/aromatic N) is 4. The third-order valence-electron chi connectivity index (χ3n) is 5.16. The Kier molecular flexibility index (Phi) is 5.34. The second kappa shape index (κ2) is 8.06. The minimum Gasteiger partial charge on any atom is -0.497 e. The normalized spacial score (nSPS) is 14.9. The Balaban J connectivity index is 1.46. The molecule has 0 radical (unpaired) electrons. The standard InChI is InChI=1S/C21H22N4O2S/c1-14-20(28-13-23-14)21(26)25-8-6-15(7-9-25)18-11-22-12-19(24-18)16-4-3-5-17(10-16)27-2/h3-5,10-13,15H,6-9H2,1-2H3. The van der Waals surface area contributed by atoms with Gasteiger partial charge in [0.1, 0.15) is 10.6 Å². The van der Waals surface area contributed by atoms with Gasteiger partial charge in [-0.05, 0) is 31.9 Å². The number of rotatable bonds is 4. The number of aryl methyl sites for hydroxylation is 1. The van der Waals surface area contributed by atoms with Crippen LogP contribution < -0.4 is 4.74 Å². The Morgan fingerprint density at radius 2 is 2.07 bits per heavy atom. The molecule has 1 aliphatic rings. The molecule has 1 aromatic carbocycles. The van der Waals surface area contributed by atoms with E-state index >= 15 is 0 Å². The number of likely N-dealkylation sites (tertiary alicyclic amines) is 1. The van der Waals surface area contributed by atoms with Crippen molar-refractivity contribution in [3.63, 3.8) is 0 Å². The molecule has 0 bridgehead atoms. The zero-order chi connectivity index (χ0) is 19.5. The van der Waals surface area contributed by atoms with Gasteiger partial charge in [0, 0.05) is 30.8 Å². The quantitative estimate of drug-likeness (QED) is 0.670. The van der Waals surface area contributed by atoms with Gasteiger partial charge in [-0.15, -0.1) is 11.3 Å². The number of carbonyl (C=O) groups is 1. The van der Waals surface area contributed by atoms with Crippen LogP contribution in [0.1, 0.15) is 39.8 Å². The van der Waals surface area contributed by atoms with Crippen molar-refractivity contribution < 1.29 is 9.53 Å². The van der Waals surface area contributed by atoms with Gasteiger partial charge in [0.15, 0.2) is 0 Å². The second-order valence-corrected chi connectivity index (χ2v) is 7.75. The summed E-state index contributed by atoms with van der Waals surface area (Å²) >= 11 is 1.42. The third kappa shape index (κ3) is 3.75. The monoisotopic (exact) mass is 394 g/mol. The molecule has 1 fully saturated rings. The first kappa shape index (κ1) is 18.6. The molecule has 1 saturated heterocycles. The molecule has 0 N–H and O–H groups in total. The van der Waals surface area contributed by atoms with Crippen molar-refractivity contribution >= 4 is 17.2 Å². The van der Waals surface area contributed by atoms with E-state index in [-0.39, 0.29) is 5.91 Å². The predicted molar refractivity (Wildman–Crippen MR) is 109 cm³/mol. The molecule has 2 aromatic heterocycles. The highest BCUT2D eigenvalue weighted by Crippen LogP contribution is 2.30. The molecular weight excluding hydrogens is 372 g/mol. The average molecular weight is 395 g/mol. The maximum atomic E-state index is 12.7. The van der Waals surface area contributed by atoms with Gasteiger partial charge in [-0.2, -0.15) is 0 Å². The van der Waals surface area contributed by atoms with Gasteiger partial charge in [0.2, 0.25) is 0 Å². The predicted octanol–water partition coefficient (Wildman–Crippen LogP) is 3.94. The molecule has 1 amide bonds. The molecule has 0 spiro atoms. The molecule has 6 nitrogen and oxygen atoms in total. The fraction of sp³-hybridized carbons (Fsp3) is 0.333. The van der Waals surface area contributed by atoms with E-state index in [4.69, 9.17) is 9.72 Å². The van der Waals surface area contributed by atoms with Crippen molar-refractivity contribution in [3.8, 4) is 17.0 Å². The zero-order valence-electron chi connectivity index (χ0n) is 16.0. The highest BCUT2D eigenvalue weighted by molar-refractivity contribution is 7.11. The fourth-order valence-electron chi connectivity index (χ4n) is 3.53. The van der Waals surface area contributed by atoms with Crippen molar-refractivity contribution in [2.75, 3.05) is 20.2 Å². The minimum atomic E-state index is 0.0923.